The number of aryl methyl sites for hydroxylation is 1. The van der Waals surface area contributed by atoms with Crippen LogP contribution in [0.3, 0.4) is 0 Å². The summed E-state index contributed by atoms with van der Waals surface area (Å²) in [4.78, 5) is 11.2. The second-order valence-corrected chi connectivity index (χ2v) is 6.47. The van der Waals surface area contributed by atoms with Crippen molar-refractivity contribution in [3.63, 3.8) is 0 Å². The summed E-state index contributed by atoms with van der Waals surface area (Å²) in [7, 11) is -3.58. The largest absolute Gasteiger partial charge is 0.460 e. The molecule has 5 nitrogen and oxygen atoms in total. The molecule has 0 saturated carbocycles. The van der Waals surface area contributed by atoms with E-state index in [1.54, 1.807) is 6.92 Å². The molecule has 0 fully saturated rings. The average Bonchev–Trinajstić information content (AvgIpc) is 2.25. The van der Waals surface area contributed by atoms with Crippen molar-refractivity contribution in [3.05, 3.63) is 35.6 Å². The minimum absolute atomic E-state index is 0.0122. The van der Waals surface area contributed by atoms with Crippen LogP contribution in [0.2, 0.25) is 0 Å². The molecule has 0 bridgehead atoms. The highest BCUT2D eigenvalue weighted by Gasteiger charge is 2.36. The molecule has 0 saturated heterocycles. The summed E-state index contributed by atoms with van der Waals surface area (Å²) in [5, 5.41) is -0.839. The summed E-state index contributed by atoms with van der Waals surface area (Å²) in [5.41, 5.74) is 5.96. The van der Waals surface area contributed by atoms with Crippen LogP contribution in [0.4, 0.5) is 0 Å². The van der Waals surface area contributed by atoms with Crippen LogP contribution in [0, 0.1) is 6.92 Å². The number of sulfone groups is 1. The summed E-state index contributed by atoms with van der Waals surface area (Å²) >= 11 is 0. The topological polar surface area (TPSA) is 86.5 Å². The van der Waals surface area contributed by atoms with Crippen LogP contribution in [0.15, 0.2) is 29.4 Å². The summed E-state index contributed by atoms with van der Waals surface area (Å²) in [6.07, 6.45) is 0. The van der Waals surface area contributed by atoms with Crippen LogP contribution in [0.1, 0.15) is 22.8 Å². The summed E-state index contributed by atoms with van der Waals surface area (Å²) in [6, 6.07) is 2.76. The average molecular weight is 267 g/mol. The molecule has 2 rings (SSSR count). The fraction of sp³-hybridized carbons (Fsp3) is 0.250. The number of hydrogen-bond acceptors (Lipinski definition) is 4. The maximum Gasteiger partial charge on any atom is 0.249 e. The normalized spacial score (nSPS) is 21.0. The van der Waals surface area contributed by atoms with E-state index in [1.807, 2.05) is 0 Å². The predicted octanol–water partition coefficient (Wildman–Crippen LogP) is 1.16. The molecule has 1 aliphatic heterocycles. The van der Waals surface area contributed by atoms with Crippen molar-refractivity contribution in [2.75, 3.05) is 0 Å². The lowest BCUT2D eigenvalue weighted by Crippen LogP contribution is -2.28. The molecule has 1 amide bonds. The van der Waals surface area contributed by atoms with Crippen LogP contribution >= 0.6 is 0 Å². The zero-order valence-corrected chi connectivity index (χ0v) is 10.9. The number of fused-ring (bicyclic) bond motifs is 1. The Morgan fingerprint density at radius 3 is 2.61 bits per heavy atom. The molecule has 18 heavy (non-hydrogen) atoms. The third kappa shape index (κ3) is 1.69. The van der Waals surface area contributed by atoms with Crippen molar-refractivity contribution in [2.45, 2.75) is 24.0 Å². The maximum absolute atomic E-state index is 12.2. The SMILES string of the molecule is C=C1Oc2cc(C)c(C(N)=O)cc2S(=O)(=O)C1C. The Balaban J connectivity index is 2.77. The predicted molar refractivity (Wildman–Crippen MR) is 66.1 cm³/mol. The first-order valence-electron chi connectivity index (χ1n) is 5.30. The van der Waals surface area contributed by atoms with Crippen molar-refractivity contribution < 1.29 is 17.9 Å². The highest BCUT2D eigenvalue weighted by atomic mass is 32.2. The van der Waals surface area contributed by atoms with E-state index in [9.17, 15) is 13.2 Å². The zero-order chi connectivity index (χ0) is 13.7. The van der Waals surface area contributed by atoms with Crippen molar-refractivity contribution >= 4 is 15.7 Å². The van der Waals surface area contributed by atoms with E-state index < -0.39 is 21.0 Å². The van der Waals surface area contributed by atoms with Crippen molar-refractivity contribution in [3.8, 4) is 5.75 Å². The number of carbonyl (C=O) groups excluding carboxylic acids is 1. The first-order chi connectivity index (χ1) is 8.25. The summed E-state index contributed by atoms with van der Waals surface area (Å²) in [6.45, 7) is 6.74. The highest BCUT2D eigenvalue weighted by molar-refractivity contribution is 7.92. The van der Waals surface area contributed by atoms with Gasteiger partial charge >= 0.3 is 0 Å². The molecule has 0 radical (unpaired) electrons. The smallest absolute Gasteiger partial charge is 0.249 e. The molecule has 0 spiro atoms. The van der Waals surface area contributed by atoms with Gasteiger partial charge in [0, 0.05) is 5.56 Å². The van der Waals surface area contributed by atoms with Gasteiger partial charge in [0.05, 0.1) is 0 Å². The molecule has 1 aliphatic rings. The Morgan fingerprint density at radius 1 is 1.44 bits per heavy atom. The molecular weight excluding hydrogens is 254 g/mol. The lowest BCUT2D eigenvalue weighted by Gasteiger charge is -2.25. The molecule has 1 unspecified atom stereocenters. The minimum atomic E-state index is -3.58. The molecule has 6 heteroatoms. The third-order valence-corrected chi connectivity index (χ3v) is 5.15. The van der Waals surface area contributed by atoms with Gasteiger partial charge in [0.1, 0.15) is 21.7 Å². The van der Waals surface area contributed by atoms with Crippen molar-refractivity contribution in [2.24, 2.45) is 5.73 Å². The van der Waals surface area contributed by atoms with E-state index in [-0.39, 0.29) is 22.0 Å². The lowest BCUT2D eigenvalue weighted by atomic mass is 10.1. The molecule has 1 aromatic rings. The van der Waals surface area contributed by atoms with E-state index in [4.69, 9.17) is 10.5 Å². The number of hydrogen-bond donors (Lipinski definition) is 1. The minimum Gasteiger partial charge on any atom is -0.460 e. The van der Waals surface area contributed by atoms with Gasteiger partial charge in [0.25, 0.3) is 0 Å². The number of benzene rings is 1. The number of nitrogens with two attached hydrogens (primary N) is 1. The van der Waals surface area contributed by atoms with Crippen LogP contribution in [-0.2, 0) is 9.84 Å². The van der Waals surface area contributed by atoms with Crippen LogP contribution in [0.25, 0.3) is 0 Å². The standard InChI is InChI=1S/C12H13NO4S/c1-6-4-10-11(5-9(6)12(13)14)18(15,16)8(3)7(2)17-10/h4-5,8H,2H2,1,3H3,(H2,13,14). The number of ether oxygens (including phenoxy) is 1. The number of amides is 1. The first kappa shape index (κ1) is 12.6. The zero-order valence-electron chi connectivity index (χ0n) is 10.1. The monoisotopic (exact) mass is 267 g/mol. The quantitative estimate of drug-likeness (QED) is 0.827. The van der Waals surface area contributed by atoms with Gasteiger partial charge < -0.3 is 10.5 Å². The van der Waals surface area contributed by atoms with Gasteiger partial charge in [-0.1, -0.05) is 6.58 Å². The molecule has 96 valence electrons. The van der Waals surface area contributed by atoms with E-state index in [0.29, 0.717) is 5.56 Å². The Morgan fingerprint density at radius 2 is 2.06 bits per heavy atom. The Labute approximate surface area is 105 Å². The maximum atomic E-state index is 12.2. The molecule has 1 heterocycles. The Kier molecular flexibility index (Phi) is 2.70. The van der Waals surface area contributed by atoms with Crippen LogP contribution in [0.5, 0.6) is 5.75 Å². The van der Waals surface area contributed by atoms with Gasteiger partial charge in [-0.05, 0) is 31.5 Å². The van der Waals surface area contributed by atoms with Crippen molar-refractivity contribution in [1.29, 1.82) is 0 Å². The van der Waals surface area contributed by atoms with Crippen LogP contribution < -0.4 is 10.5 Å². The molecule has 1 aromatic carbocycles. The number of primary amides is 1. The molecule has 0 aliphatic carbocycles. The van der Waals surface area contributed by atoms with E-state index in [1.165, 1.54) is 19.1 Å². The Bertz CT molecular complexity index is 661. The third-order valence-electron chi connectivity index (χ3n) is 3.02. The first-order valence-corrected chi connectivity index (χ1v) is 6.84. The van der Waals surface area contributed by atoms with Gasteiger partial charge in [-0.25, -0.2) is 8.42 Å². The van der Waals surface area contributed by atoms with Crippen LogP contribution in [-0.4, -0.2) is 19.6 Å². The van der Waals surface area contributed by atoms with Gasteiger partial charge in [-0.3, -0.25) is 4.79 Å². The van der Waals surface area contributed by atoms with E-state index >= 15 is 0 Å². The highest BCUT2D eigenvalue weighted by Crippen LogP contribution is 2.37. The molecule has 1 atom stereocenters. The van der Waals surface area contributed by atoms with Gasteiger partial charge in [-0.2, -0.15) is 0 Å². The number of rotatable bonds is 1. The molecular formula is C12H13NO4S. The Hall–Kier alpha value is -1.82. The second kappa shape index (κ2) is 3.84. The molecule has 0 aromatic heterocycles. The van der Waals surface area contributed by atoms with Gasteiger partial charge in [-0.15, -0.1) is 0 Å². The summed E-state index contributed by atoms with van der Waals surface area (Å²) < 4.78 is 29.8. The number of carbonyl (C=O) groups is 1. The fourth-order valence-electron chi connectivity index (χ4n) is 1.82. The second-order valence-electron chi connectivity index (χ2n) is 4.23. The fourth-order valence-corrected chi connectivity index (χ4v) is 3.26. The van der Waals surface area contributed by atoms with Gasteiger partial charge in [0.2, 0.25) is 5.91 Å². The van der Waals surface area contributed by atoms with Gasteiger partial charge in [0.15, 0.2) is 9.84 Å². The molecule has 2 N–H and O–H groups in total. The summed E-state index contributed by atoms with van der Waals surface area (Å²) in [5.74, 6) is -0.295. The van der Waals surface area contributed by atoms with E-state index in [0.717, 1.165) is 0 Å². The van der Waals surface area contributed by atoms with Crippen molar-refractivity contribution in [1.82, 2.24) is 0 Å². The van der Waals surface area contributed by atoms with E-state index in [2.05, 4.69) is 6.58 Å². The lowest BCUT2D eigenvalue weighted by molar-refractivity contribution is 0.0999.